The Morgan fingerprint density at radius 1 is 1.09 bits per heavy atom. The van der Waals surface area contributed by atoms with Crippen molar-refractivity contribution in [2.75, 3.05) is 4.90 Å². The number of nitrogens with two attached hydrogens (primary N) is 1. The minimum absolute atomic E-state index is 0.157. The van der Waals surface area contributed by atoms with Crippen molar-refractivity contribution in [3.63, 3.8) is 0 Å². The summed E-state index contributed by atoms with van der Waals surface area (Å²) in [5, 5.41) is 3.46. The molecule has 0 spiro atoms. The predicted octanol–water partition coefficient (Wildman–Crippen LogP) is 5.49. The first-order chi connectivity index (χ1) is 16.0. The third kappa shape index (κ3) is 4.86. The predicted molar refractivity (Wildman–Crippen MR) is 128 cm³/mol. The van der Waals surface area contributed by atoms with E-state index in [0.717, 1.165) is 43.1 Å². The highest BCUT2D eigenvalue weighted by molar-refractivity contribution is 5.61. The number of rotatable bonds is 7. The molecule has 0 aliphatic carbocycles. The fourth-order valence-electron chi connectivity index (χ4n) is 4.94. The van der Waals surface area contributed by atoms with Crippen LogP contribution in [0, 0.1) is 0 Å². The smallest absolute Gasteiger partial charge is 0.419 e. The number of benzene rings is 1. The average Bonchev–Trinajstić information content (AvgIpc) is 3.03. The minimum atomic E-state index is -4.49. The molecule has 2 aliphatic rings. The van der Waals surface area contributed by atoms with E-state index in [9.17, 15) is 13.2 Å². The van der Waals surface area contributed by atoms with Gasteiger partial charge in [-0.15, -0.1) is 0 Å². The molecular formula is C26H31F3N4O. The molecule has 0 amide bonds. The maximum absolute atomic E-state index is 13.4. The number of piperidine rings is 1. The van der Waals surface area contributed by atoms with Crippen LogP contribution in [0.3, 0.4) is 0 Å². The number of halogens is 3. The molecule has 2 bridgehead atoms. The largest absolute Gasteiger partial charge is 0.481 e. The molecule has 1 aromatic carbocycles. The van der Waals surface area contributed by atoms with Crippen LogP contribution < -0.4 is 20.7 Å². The van der Waals surface area contributed by atoms with E-state index in [-0.39, 0.29) is 11.8 Å². The molecule has 0 radical (unpaired) electrons. The Balaban J connectivity index is 1.42. The third-order valence-corrected chi connectivity index (χ3v) is 6.78. The van der Waals surface area contributed by atoms with Gasteiger partial charge in [-0.1, -0.05) is 25.3 Å². The lowest BCUT2D eigenvalue weighted by Gasteiger charge is -2.42. The first kappa shape index (κ1) is 24.0. The number of ether oxygens (including phenoxy) is 1. The van der Waals surface area contributed by atoms with Gasteiger partial charge in [-0.25, -0.2) is 4.98 Å². The molecule has 0 saturated carbocycles. The second-order valence-corrected chi connectivity index (χ2v) is 9.62. The van der Waals surface area contributed by atoms with Crippen molar-refractivity contribution in [1.82, 2.24) is 10.3 Å². The molecular weight excluding hydrogens is 441 g/mol. The quantitative estimate of drug-likeness (QED) is 0.558. The van der Waals surface area contributed by atoms with E-state index in [4.69, 9.17) is 10.5 Å². The lowest BCUT2D eigenvalue weighted by molar-refractivity contribution is -0.139. The molecule has 2 unspecified atom stereocenters. The second-order valence-electron chi connectivity index (χ2n) is 9.62. The zero-order valence-electron chi connectivity index (χ0n) is 19.5. The fourth-order valence-corrected chi connectivity index (χ4v) is 4.94. The summed E-state index contributed by atoms with van der Waals surface area (Å²) in [7, 11) is 0. The summed E-state index contributed by atoms with van der Waals surface area (Å²) in [6.45, 7) is 11.3. The summed E-state index contributed by atoms with van der Waals surface area (Å²) in [5.74, 6) is 0.731. The van der Waals surface area contributed by atoms with E-state index in [2.05, 4.69) is 28.4 Å². The molecule has 3 N–H and O–H groups in total. The van der Waals surface area contributed by atoms with E-state index < -0.39 is 17.3 Å². The van der Waals surface area contributed by atoms with Crippen LogP contribution in [0.25, 0.3) is 5.70 Å². The van der Waals surface area contributed by atoms with Crippen LogP contribution in [0.4, 0.5) is 19.0 Å². The molecule has 182 valence electrons. The number of nitrogens with zero attached hydrogens (tertiary/aromatic N) is 2. The first-order valence-electron chi connectivity index (χ1n) is 11.5. The summed E-state index contributed by atoms with van der Waals surface area (Å²) in [6, 6.07) is 10.0. The SMILES string of the molecule is C=C(N)c1ccc(N2C3CCC2CC(NC(=C)C(C)(C)Oc2ccccc2C(F)(F)F)C3)nc1. The van der Waals surface area contributed by atoms with Gasteiger partial charge < -0.3 is 20.7 Å². The van der Waals surface area contributed by atoms with Gasteiger partial charge in [0, 0.05) is 41.3 Å². The highest BCUT2D eigenvalue weighted by Gasteiger charge is 2.42. The number of pyridine rings is 1. The van der Waals surface area contributed by atoms with Crippen molar-refractivity contribution in [3.05, 3.63) is 72.6 Å². The maximum Gasteiger partial charge on any atom is 0.419 e. The lowest BCUT2D eigenvalue weighted by Crippen LogP contribution is -2.51. The van der Waals surface area contributed by atoms with E-state index in [1.165, 1.54) is 18.2 Å². The zero-order chi connectivity index (χ0) is 24.7. The molecule has 2 aromatic rings. The van der Waals surface area contributed by atoms with E-state index >= 15 is 0 Å². The molecule has 3 heterocycles. The number of nitrogens with one attached hydrogen (secondary N) is 1. The van der Waals surface area contributed by atoms with Crippen LogP contribution in [0.5, 0.6) is 5.75 Å². The molecule has 5 nitrogen and oxygen atoms in total. The van der Waals surface area contributed by atoms with Crippen molar-refractivity contribution >= 4 is 11.5 Å². The van der Waals surface area contributed by atoms with Crippen molar-refractivity contribution in [2.45, 2.75) is 69.4 Å². The molecule has 4 rings (SSSR count). The van der Waals surface area contributed by atoms with Gasteiger partial charge in [0.2, 0.25) is 0 Å². The van der Waals surface area contributed by atoms with Gasteiger partial charge in [0.05, 0.1) is 5.56 Å². The Morgan fingerprint density at radius 2 is 1.74 bits per heavy atom. The molecule has 2 fully saturated rings. The zero-order valence-corrected chi connectivity index (χ0v) is 19.5. The summed E-state index contributed by atoms with van der Waals surface area (Å²) in [4.78, 5) is 6.98. The summed E-state index contributed by atoms with van der Waals surface area (Å²) < 4.78 is 46.0. The number of anilines is 1. The molecule has 1 aromatic heterocycles. The normalized spacial score (nSPS) is 22.4. The van der Waals surface area contributed by atoms with Crippen molar-refractivity contribution in [3.8, 4) is 5.75 Å². The van der Waals surface area contributed by atoms with Gasteiger partial charge in [-0.05, 0) is 63.8 Å². The van der Waals surface area contributed by atoms with E-state index in [1.54, 1.807) is 20.0 Å². The third-order valence-electron chi connectivity index (χ3n) is 6.78. The Kier molecular flexibility index (Phi) is 6.27. The van der Waals surface area contributed by atoms with E-state index in [0.29, 0.717) is 23.5 Å². The fraction of sp³-hybridized carbons (Fsp3) is 0.423. The first-order valence-corrected chi connectivity index (χ1v) is 11.5. The summed E-state index contributed by atoms with van der Waals surface area (Å²) >= 11 is 0. The van der Waals surface area contributed by atoms with Crippen molar-refractivity contribution in [2.24, 2.45) is 5.73 Å². The molecule has 34 heavy (non-hydrogen) atoms. The number of aromatic nitrogens is 1. The maximum atomic E-state index is 13.4. The number of para-hydroxylation sites is 1. The Morgan fingerprint density at radius 3 is 2.29 bits per heavy atom. The van der Waals surface area contributed by atoms with Crippen LogP contribution in [0.2, 0.25) is 0 Å². The van der Waals surface area contributed by atoms with Gasteiger partial charge in [-0.3, -0.25) is 0 Å². The van der Waals surface area contributed by atoms with E-state index in [1.807, 2.05) is 12.1 Å². The molecule has 8 heteroatoms. The Hall–Kier alpha value is -3.16. The van der Waals surface area contributed by atoms with Gasteiger partial charge in [0.25, 0.3) is 0 Å². The highest BCUT2D eigenvalue weighted by Crippen LogP contribution is 2.40. The van der Waals surface area contributed by atoms with Crippen LogP contribution in [0.15, 0.2) is 61.4 Å². The number of hydrogen-bond acceptors (Lipinski definition) is 5. The van der Waals surface area contributed by atoms with Crippen LogP contribution in [-0.4, -0.2) is 28.7 Å². The van der Waals surface area contributed by atoms with Crippen LogP contribution in [0.1, 0.15) is 50.7 Å². The van der Waals surface area contributed by atoms with Gasteiger partial charge in [0.15, 0.2) is 0 Å². The topological polar surface area (TPSA) is 63.4 Å². The Labute approximate surface area is 198 Å². The molecule has 2 saturated heterocycles. The minimum Gasteiger partial charge on any atom is -0.481 e. The lowest BCUT2D eigenvalue weighted by atomic mass is 9.95. The summed E-state index contributed by atoms with van der Waals surface area (Å²) in [6.07, 6.45) is 1.18. The average molecular weight is 473 g/mol. The van der Waals surface area contributed by atoms with Crippen molar-refractivity contribution < 1.29 is 17.9 Å². The van der Waals surface area contributed by atoms with Crippen LogP contribution >= 0.6 is 0 Å². The number of hydrogen-bond donors (Lipinski definition) is 2. The van der Waals surface area contributed by atoms with Gasteiger partial charge in [-0.2, -0.15) is 13.2 Å². The highest BCUT2D eigenvalue weighted by atomic mass is 19.4. The monoisotopic (exact) mass is 472 g/mol. The second kappa shape index (κ2) is 8.89. The van der Waals surface area contributed by atoms with Crippen LogP contribution in [-0.2, 0) is 6.18 Å². The van der Waals surface area contributed by atoms with Gasteiger partial charge in [0.1, 0.15) is 17.2 Å². The standard InChI is InChI=1S/C26H31F3N4O/c1-16(30)18-9-12-24(31-15-18)33-20-10-11-21(33)14-19(13-20)32-17(2)25(3,4)34-23-8-6-5-7-22(23)26(27,28)29/h5-9,12,15,19-21,32H,1-2,10-11,13-14,30H2,3-4H3. The number of alkyl halides is 3. The molecule has 2 aliphatic heterocycles. The van der Waals surface area contributed by atoms with Gasteiger partial charge >= 0.3 is 6.18 Å². The summed E-state index contributed by atoms with van der Waals surface area (Å²) in [5.41, 5.74) is 5.81. The Bertz CT molecular complexity index is 1050. The molecule has 2 atom stereocenters. The number of fused-ring (bicyclic) bond motifs is 2. The van der Waals surface area contributed by atoms with Crippen molar-refractivity contribution in [1.29, 1.82) is 0 Å².